The number of benzene rings is 2. The molecule has 3 rings (SSSR count). The molecule has 0 aliphatic heterocycles. The van der Waals surface area contributed by atoms with Crippen LogP contribution in [0.5, 0.6) is 0 Å². The van der Waals surface area contributed by atoms with Crippen molar-refractivity contribution in [1.29, 1.82) is 0 Å². The lowest BCUT2D eigenvalue weighted by Crippen LogP contribution is -2.31. The number of fused-ring (bicyclic) bond motifs is 1. The van der Waals surface area contributed by atoms with Crippen molar-refractivity contribution in [3.05, 3.63) is 69.2 Å². The molecule has 5 heteroatoms. The predicted octanol–water partition coefficient (Wildman–Crippen LogP) is 5.04. The Balaban J connectivity index is 2.19. The fourth-order valence-electron chi connectivity index (χ4n) is 3.19. The maximum atomic E-state index is 13.4. The summed E-state index contributed by atoms with van der Waals surface area (Å²) < 4.78 is 1.70. The lowest BCUT2D eigenvalue weighted by atomic mass is 10.1. The Kier molecular flexibility index (Phi) is 5.98. The third-order valence-electron chi connectivity index (χ3n) is 4.84. The van der Waals surface area contributed by atoms with E-state index in [1.807, 2.05) is 56.3 Å². The Morgan fingerprint density at radius 1 is 1.11 bits per heavy atom. The zero-order valence-corrected chi connectivity index (χ0v) is 17.0. The minimum Gasteiger partial charge on any atom is -0.308 e. The fraction of sp³-hybridized carbons (Fsp3) is 0.364. The predicted molar refractivity (Wildman–Crippen MR) is 113 cm³/mol. The smallest absolute Gasteiger partial charge is 0.266 e. The van der Waals surface area contributed by atoms with Crippen molar-refractivity contribution >= 4 is 22.5 Å². The van der Waals surface area contributed by atoms with Gasteiger partial charge in [0.05, 0.1) is 22.6 Å². The van der Waals surface area contributed by atoms with Crippen molar-refractivity contribution in [2.24, 2.45) is 5.92 Å². The molecular weight excluding hydrogens is 358 g/mol. The van der Waals surface area contributed by atoms with Gasteiger partial charge in [-0.15, -0.1) is 0 Å². The van der Waals surface area contributed by atoms with Crippen molar-refractivity contribution in [1.82, 2.24) is 14.9 Å². The molecule has 0 aliphatic rings. The van der Waals surface area contributed by atoms with E-state index in [0.29, 0.717) is 27.7 Å². The standard InChI is InChI=1S/C22H26ClN3O/c1-14(2)12-13-24-16(4)21-25-19-10-6-5-8-17(19)22(27)26(21)20-11-7-9-18(23)15(20)3/h5-11,14,16,24H,12-13H2,1-4H3. The molecule has 0 saturated carbocycles. The first-order valence-corrected chi connectivity index (χ1v) is 9.78. The van der Waals surface area contributed by atoms with Crippen LogP contribution in [0, 0.1) is 12.8 Å². The van der Waals surface area contributed by atoms with Crippen LogP contribution in [0.15, 0.2) is 47.3 Å². The van der Waals surface area contributed by atoms with Gasteiger partial charge in [0.25, 0.3) is 5.56 Å². The number of hydrogen-bond donors (Lipinski definition) is 1. The van der Waals surface area contributed by atoms with Crippen molar-refractivity contribution in [3.63, 3.8) is 0 Å². The summed E-state index contributed by atoms with van der Waals surface area (Å²) in [6.45, 7) is 9.25. The zero-order valence-electron chi connectivity index (χ0n) is 16.3. The largest absolute Gasteiger partial charge is 0.308 e. The third kappa shape index (κ3) is 4.07. The van der Waals surface area contributed by atoms with Gasteiger partial charge < -0.3 is 5.32 Å². The normalized spacial score (nSPS) is 12.7. The summed E-state index contributed by atoms with van der Waals surface area (Å²) in [5.41, 5.74) is 2.29. The van der Waals surface area contributed by atoms with E-state index in [4.69, 9.17) is 16.6 Å². The van der Waals surface area contributed by atoms with Crippen LogP contribution in [-0.4, -0.2) is 16.1 Å². The molecule has 2 aromatic carbocycles. The highest BCUT2D eigenvalue weighted by atomic mass is 35.5. The van der Waals surface area contributed by atoms with Gasteiger partial charge >= 0.3 is 0 Å². The minimum atomic E-state index is -0.0709. The van der Waals surface area contributed by atoms with E-state index >= 15 is 0 Å². The summed E-state index contributed by atoms with van der Waals surface area (Å²) in [5, 5.41) is 4.76. The first-order chi connectivity index (χ1) is 12.9. The van der Waals surface area contributed by atoms with Gasteiger partial charge in [0, 0.05) is 5.02 Å². The van der Waals surface area contributed by atoms with Crippen LogP contribution >= 0.6 is 11.6 Å². The van der Waals surface area contributed by atoms with Crippen molar-refractivity contribution in [3.8, 4) is 5.69 Å². The summed E-state index contributed by atoms with van der Waals surface area (Å²) in [5.74, 6) is 1.32. The van der Waals surface area contributed by atoms with Crippen molar-refractivity contribution in [2.45, 2.75) is 40.2 Å². The maximum Gasteiger partial charge on any atom is 0.266 e. The number of nitrogens with one attached hydrogen (secondary N) is 1. The molecule has 0 amide bonds. The molecule has 3 aromatic rings. The second kappa shape index (κ2) is 8.24. The molecule has 0 fully saturated rings. The number of aromatic nitrogens is 2. The molecule has 27 heavy (non-hydrogen) atoms. The monoisotopic (exact) mass is 383 g/mol. The fourth-order valence-corrected chi connectivity index (χ4v) is 3.36. The molecule has 1 unspecified atom stereocenters. The molecule has 1 atom stereocenters. The maximum absolute atomic E-state index is 13.4. The first-order valence-electron chi connectivity index (χ1n) is 9.40. The van der Waals surface area contributed by atoms with Crippen molar-refractivity contribution < 1.29 is 0 Å². The van der Waals surface area contributed by atoms with Gasteiger partial charge in [-0.05, 0) is 62.6 Å². The summed E-state index contributed by atoms with van der Waals surface area (Å²) >= 11 is 6.33. The number of halogens is 1. The van der Waals surface area contributed by atoms with E-state index in [-0.39, 0.29) is 11.6 Å². The molecule has 0 radical (unpaired) electrons. The Bertz CT molecular complexity index is 1010. The van der Waals surface area contributed by atoms with Gasteiger partial charge in [0.15, 0.2) is 0 Å². The second-order valence-corrected chi connectivity index (χ2v) is 7.78. The highest BCUT2D eigenvalue weighted by Gasteiger charge is 2.19. The molecule has 4 nitrogen and oxygen atoms in total. The van der Waals surface area contributed by atoms with Crippen LogP contribution in [0.2, 0.25) is 5.02 Å². The van der Waals surface area contributed by atoms with Gasteiger partial charge in [-0.2, -0.15) is 0 Å². The number of rotatable bonds is 6. The lowest BCUT2D eigenvalue weighted by molar-refractivity contribution is 0.479. The molecule has 1 heterocycles. The van der Waals surface area contributed by atoms with E-state index in [0.717, 1.165) is 24.2 Å². The molecule has 0 saturated heterocycles. The van der Waals surface area contributed by atoms with E-state index < -0.39 is 0 Å². The van der Waals surface area contributed by atoms with Crippen LogP contribution < -0.4 is 10.9 Å². The van der Waals surface area contributed by atoms with Gasteiger partial charge in [0.1, 0.15) is 5.82 Å². The van der Waals surface area contributed by atoms with E-state index in [9.17, 15) is 4.79 Å². The average Bonchev–Trinajstić information content (AvgIpc) is 2.64. The van der Waals surface area contributed by atoms with Crippen LogP contribution in [0.4, 0.5) is 0 Å². The molecule has 1 aromatic heterocycles. The van der Waals surface area contributed by atoms with Crippen molar-refractivity contribution in [2.75, 3.05) is 6.54 Å². The van der Waals surface area contributed by atoms with Crippen LogP contribution in [0.3, 0.4) is 0 Å². The molecule has 142 valence electrons. The molecule has 1 N–H and O–H groups in total. The quantitative estimate of drug-likeness (QED) is 0.648. The summed E-state index contributed by atoms with van der Waals surface area (Å²) in [7, 11) is 0. The van der Waals surface area contributed by atoms with E-state index in [2.05, 4.69) is 19.2 Å². The summed E-state index contributed by atoms with van der Waals surface area (Å²) in [4.78, 5) is 18.2. The zero-order chi connectivity index (χ0) is 19.6. The molecular formula is C22H26ClN3O. The van der Waals surface area contributed by atoms with Gasteiger partial charge in [-0.1, -0.05) is 43.6 Å². The molecule has 0 aliphatic carbocycles. The highest BCUT2D eigenvalue weighted by molar-refractivity contribution is 6.31. The van der Waals surface area contributed by atoms with Crippen LogP contribution in [0.1, 0.15) is 44.6 Å². The average molecular weight is 384 g/mol. The number of para-hydroxylation sites is 1. The minimum absolute atomic E-state index is 0.0700. The number of nitrogens with zero attached hydrogens (tertiary/aromatic N) is 2. The topological polar surface area (TPSA) is 46.9 Å². The third-order valence-corrected chi connectivity index (χ3v) is 5.25. The van der Waals surface area contributed by atoms with Gasteiger partial charge in [0.2, 0.25) is 0 Å². The van der Waals surface area contributed by atoms with Gasteiger partial charge in [-0.25, -0.2) is 4.98 Å². The van der Waals surface area contributed by atoms with Gasteiger partial charge in [-0.3, -0.25) is 9.36 Å². The second-order valence-electron chi connectivity index (χ2n) is 7.37. The SMILES string of the molecule is Cc1c(Cl)cccc1-n1c(C(C)NCCC(C)C)nc2ccccc2c1=O. The Labute approximate surface area is 165 Å². The number of hydrogen-bond acceptors (Lipinski definition) is 3. The van der Waals surface area contributed by atoms with E-state index in [1.165, 1.54) is 0 Å². The van der Waals surface area contributed by atoms with Crippen LogP contribution in [0.25, 0.3) is 16.6 Å². The summed E-state index contributed by atoms with van der Waals surface area (Å²) in [6.07, 6.45) is 1.07. The Morgan fingerprint density at radius 2 is 1.85 bits per heavy atom. The highest BCUT2D eigenvalue weighted by Crippen LogP contribution is 2.24. The Morgan fingerprint density at radius 3 is 2.59 bits per heavy atom. The van der Waals surface area contributed by atoms with Crippen LogP contribution in [-0.2, 0) is 0 Å². The first kappa shape index (κ1) is 19.6. The lowest BCUT2D eigenvalue weighted by Gasteiger charge is -2.21. The molecule has 0 spiro atoms. The Hall–Kier alpha value is -2.17. The van der Waals surface area contributed by atoms with E-state index in [1.54, 1.807) is 4.57 Å². The summed E-state index contributed by atoms with van der Waals surface area (Å²) in [6, 6.07) is 13.0. The molecule has 0 bridgehead atoms.